The number of nitriles is 1. The zero-order chi connectivity index (χ0) is 17.6. The fourth-order valence-electron chi connectivity index (χ4n) is 2.96. The van der Waals surface area contributed by atoms with Crippen LogP contribution in [0.3, 0.4) is 0 Å². The normalized spacial score (nSPS) is 14.8. The molecule has 0 radical (unpaired) electrons. The monoisotopic (exact) mass is 338 g/mol. The number of hydrogen-bond acceptors (Lipinski definition) is 4. The average molecular weight is 338 g/mol. The fraction of sp³-hybridized carbons (Fsp3) is 0.263. The van der Waals surface area contributed by atoms with Gasteiger partial charge in [0.2, 0.25) is 5.91 Å². The molecule has 1 aliphatic rings. The van der Waals surface area contributed by atoms with Gasteiger partial charge in [0.05, 0.1) is 12.2 Å². The minimum Gasteiger partial charge on any atom is -0.368 e. The van der Waals surface area contributed by atoms with E-state index in [-0.39, 0.29) is 11.5 Å². The maximum atomic E-state index is 13.7. The molecule has 1 saturated heterocycles. The number of hydrogen-bond donors (Lipinski definition) is 1. The highest BCUT2D eigenvalue weighted by molar-refractivity contribution is 5.92. The quantitative estimate of drug-likeness (QED) is 0.930. The first-order valence-corrected chi connectivity index (χ1v) is 8.18. The van der Waals surface area contributed by atoms with E-state index in [2.05, 4.69) is 10.2 Å². The summed E-state index contributed by atoms with van der Waals surface area (Å²) in [5, 5.41) is 12.0. The molecule has 5 nitrogen and oxygen atoms in total. The van der Waals surface area contributed by atoms with Gasteiger partial charge in [-0.2, -0.15) is 5.26 Å². The molecular weight excluding hydrogens is 319 g/mol. The van der Waals surface area contributed by atoms with Crippen LogP contribution in [0.2, 0.25) is 0 Å². The van der Waals surface area contributed by atoms with E-state index in [0.29, 0.717) is 38.4 Å². The standard InChI is InChI=1S/C19H19FN4O/c20-17-7-4-8-18(16(17)13-21)24-11-9-23(10-12-24)14-19(25)22-15-5-2-1-3-6-15/h1-8H,9-12,14H2,(H,22,25). The zero-order valence-electron chi connectivity index (χ0n) is 13.8. The molecule has 1 fully saturated rings. The summed E-state index contributed by atoms with van der Waals surface area (Å²) in [6, 6.07) is 16.0. The number of carbonyl (C=O) groups is 1. The van der Waals surface area contributed by atoms with Crippen LogP contribution in [-0.2, 0) is 4.79 Å². The number of para-hydroxylation sites is 1. The van der Waals surface area contributed by atoms with E-state index in [0.717, 1.165) is 5.69 Å². The lowest BCUT2D eigenvalue weighted by Crippen LogP contribution is -2.48. The molecule has 6 heteroatoms. The van der Waals surface area contributed by atoms with Crippen molar-refractivity contribution in [2.24, 2.45) is 0 Å². The predicted molar refractivity (Wildman–Crippen MR) is 94.8 cm³/mol. The van der Waals surface area contributed by atoms with Crippen molar-refractivity contribution < 1.29 is 9.18 Å². The number of anilines is 2. The van der Waals surface area contributed by atoms with Gasteiger partial charge in [-0.1, -0.05) is 24.3 Å². The lowest BCUT2D eigenvalue weighted by atomic mass is 10.1. The van der Waals surface area contributed by atoms with Gasteiger partial charge in [0, 0.05) is 31.9 Å². The Morgan fingerprint density at radius 3 is 2.48 bits per heavy atom. The van der Waals surface area contributed by atoms with Gasteiger partial charge in [0.25, 0.3) is 0 Å². The van der Waals surface area contributed by atoms with Crippen LogP contribution in [0.25, 0.3) is 0 Å². The van der Waals surface area contributed by atoms with E-state index in [1.165, 1.54) is 6.07 Å². The molecule has 3 rings (SSSR count). The molecule has 0 unspecified atom stereocenters. The highest BCUT2D eigenvalue weighted by Gasteiger charge is 2.22. The first-order chi connectivity index (χ1) is 12.2. The summed E-state index contributed by atoms with van der Waals surface area (Å²) in [6.45, 7) is 2.98. The van der Waals surface area contributed by atoms with Crippen LogP contribution in [0, 0.1) is 17.1 Å². The SMILES string of the molecule is N#Cc1c(F)cccc1N1CCN(CC(=O)Nc2ccccc2)CC1. The third kappa shape index (κ3) is 4.14. The van der Waals surface area contributed by atoms with Crippen LogP contribution in [0.4, 0.5) is 15.8 Å². The van der Waals surface area contributed by atoms with Crippen molar-refractivity contribution in [3.05, 3.63) is 59.9 Å². The van der Waals surface area contributed by atoms with Gasteiger partial charge < -0.3 is 10.2 Å². The number of amides is 1. The Hall–Kier alpha value is -2.91. The second kappa shape index (κ2) is 7.77. The fourth-order valence-corrected chi connectivity index (χ4v) is 2.96. The molecule has 0 aromatic heterocycles. The van der Waals surface area contributed by atoms with Gasteiger partial charge in [0.1, 0.15) is 17.4 Å². The molecule has 0 aliphatic carbocycles. The Morgan fingerprint density at radius 2 is 1.80 bits per heavy atom. The summed E-state index contributed by atoms with van der Waals surface area (Å²) >= 11 is 0. The molecule has 1 amide bonds. The van der Waals surface area contributed by atoms with Crippen LogP contribution in [0.15, 0.2) is 48.5 Å². The highest BCUT2D eigenvalue weighted by atomic mass is 19.1. The molecule has 1 N–H and O–H groups in total. The largest absolute Gasteiger partial charge is 0.368 e. The molecule has 128 valence electrons. The molecule has 2 aromatic rings. The highest BCUT2D eigenvalue weighted by Crippen LogP contribution is 2.23. The number of nitrogens with zero attached hydrogens (tertiary/aromatic N) is 3. The van der Waals surface area contributed by atoms with Gasteiger partial charge in [-0.15, -0.1) is 0 Å². The van der Waals surface area contributed by atoms with Gasteiger partial charge >= 0.3 is 0 Å². The molecule has 25 heavy (non-hydrogen) atoms. The average Bonchev–Trinajstić information content (AvgIpc) is 2.63. The van der Waals surface area contributed by atoms with Gasteiger partial charge in [-0.3, -0.25) is 9.69 Å². The molecule has 1 aliphatic heterocycles. The Labute approximate surface area is 146 Å². The zero-order valence-corrected chi connectivity index (χ0v) is 13.8. The number of rotatable bonds is 4. The summed E-state index contributed by atoms with van der Waals surface area (Å²) < 4.78 is 13.7. The number of carbonyl (C=O) groups excluding carboxylic acids is 1. The van der Waals surface area contributed by atoms with Crippen molar-refractivity contribution in [2.75, 3.05) is 42.9 Å². The van der Waals surface area contributed by atoms with Crippen LogP contribution in [0.5, 0.6) is 0 Å². The van der Waals surface area contributed by atoms with Crippen LogP contribution < -0.4 is 10.2 Å². The lowest BCUT2D eigenvalue weighted by molar-refractivity contribution is -0.117. The van der Waals surface area contributed by atoms with Crippen molar-refractivity contribution in [1.82, 2.24) is 4.90 Å². The predicted octanol–water partition coefficient (Wildman–Crippen LogP) is 2.46. The smallest absolute Gasteiger partial charge is 0.238 e. The topological polar surface area (TPSA) is 59.4 Å². The molecule has 0 spiro atoms. The van der Waals surface area contributed by atoms with E-state index in [4.69, 9.17) is 5.26 Å². The number of halogens is 1. The van der Waals surface area contributed by atoms with Crippen molar-refractivity contribution in [3.63, 3.8) is 0 Å². The summed E-state index contributed by atoms with van der Waals surface area (Å²) in [7, 11) is 0. The van der Waals surface area contributed by atoms with E-state index in [1.807, 2.05) is 41.3 Å². The number of nitrogens with one attached hydrogen (secondary N) is 1. The number of benzene rings is 2. The second-order valence-electron chi connectivity index (χ2n) is 5.92. The first-order valence-electron chi connectivity index (χ1n) is 8.18. The Kier molecular flexibility index (Phi) is 5.26. The van der Waals surface area contributed by atoms with E-state index >= 15 is 0 Å². The van der Waals surface area contributed by atoms with E-state index in [1.54, 1.807) is 12.1 Å². The molecule has 0 saturated carbocycles. The molecular formula is C19H19FN4O. The minimum absolute atomic E-state index is 0.0527. The second-order valence-corrected chi connectivity index (χ2v) is 5.92. The summed E-state index contributed by atoms with van der Waals surface area (Å²) in [6.07, 6.45) is 0. The van der Waals surface area contributed by atoms with Crippen molar-refractivity contribution in [1.29, 1.82) is 5.26 Å². The maximum Gasteiger partial charge on any atom is 0.238 e. The Balaban J connectivity index is 1.55. The van der Waals surface area contributed by atoms with Crippen LogP contribution in [-0.4, -0.2) is 43.5 Å². The molecule has 1 heterocycles. The molecule has 0 atom stereocenters. The Morgan fingerprint density at radius 1 is 1.08 bits per heavy atom. The minimum atomic E-state index is -0.496. The van der Waals surface area contributed by atoms with Crippen LogP contribution in [0.1, 0.15) is 5.56 Å². The summed E-state index contributed by atoms with van der Waals surface area (Å²) in [4.78, 5) is 16.2. The third-order valence-electron chi connectivity index (χ3n) is 4.24. The van der Waals surface area contributed by atoms with E-state index in [9.17, 15) is 9.18 Å². The van der Waals surface area contributed by atoms with Crippen molar-refractivity contribution in [3.8, 4) is 6.07 Å². The van der Waals surface area contributed by atoms with Crippen LogP contribution >= 0.6 is 0 Å². The summed E-state index contributed by atoms with van der Waals surface area (Å²) in [5.41, 5.74) is 1.48. The Bertz CT molecular complexity index is 780. The number of piperazine rings is 1. The van der Waals surface area contributed by atoms with E-state index < -0.39 is 5.82 Å². The van der Waals surface area contributed by atoms with Gasteiger partial charge in [0.15, 0.2) is 0 Å². The lowest BCUT2D eigenvalue weighted by Gasteiger charge is -2.36. The van der Waals surface area contributed by atoms with Crippen molar-refractivity contribution in [2.45, 2.75) is 0 Å². The van der Waals surface area contributed by atoms with Crippen molar-refractivity contribution >= 4 is 17.3 Å². The van der Waals surface area contributed by atoms with Gasteiger partial charge in [-0.25, -0.2) is 4.39 Å². The van der Waals surface area contributed by atoms with Gasteiger partial charge in [-0.05, 0) is 24.3 Å². The first kappa shape index (κ1) is 16.9. The maximum absolute atomic E-state index is 13.7. The molecule has 0 bridgehead atoms. The third-order valence-corrected chi connectivity index (χ3v) is 4.24. The summed E-state index contributed by atoms with van der Waals surface area (Å²) in [5.74, 6) is -0.548. The molecule has 2 aromatic carbocycles.